The molecule has 0 saturated carbocycles. The van der Waals surface area contributed by atoms with Crippen LogP contribution in [0.2, 0.25) is 0 Å². The van der Waals surface area contributed by atoms with Gasteiger partial charge >= 0.3 is 0 Å². The highest BCUT2D eigenvalue weighted by atomic mass is 16.5. The fourth-order valence-corrected chi connectivity index (χ4v) is 4.37. The third-order valence-electron chi connectivity index (χ3n) is 5.62. The standard InChI is InChI=1S/C22H26N4O2/c1-4-7-15-8-6-9-17-18-11-10-16(14-26(18)22(27)19(15)17)28-21-20(23-3)25(5-2)13-12-24-21/h5-6,8-9,12-13,16,18H,2,4,7,10-11,14H2,1,3H3/t16-,18+/m1/s1. The predicted molar refractivity (Wildman–Crippen MR) is 108 cm³/mol. The Balaban J connectivity index is 1.58. The minimum Gasteiger partial charge on any atom is -0.470 e. The lowest BCUT2D eigenvalue weighted by atomic mass is 9.93. The zero-order chi connectivity index (χ0) is 19.7. The highest BCUT2D eigenvalue weighted by Crippen LogP contribution is 2.41. The van der Waals surface area contributed by atoms with Crippen LogP contribution in [0, 0.1) is 0 Å². The number of carbonyl (C=O) groups is 1. The van der Waals surface area contributed by atoms with Gasteiger partial charge in [-0.25, -0.2) is 4.98 Å². The van der Waals surface area contributed by atoms with Gasteiger partial charge in [0.1, 0.15) is 6.10 Å². The van der Waals surface area contributed by atoms with Crippen molar-refractivity contribution >= 4 is 12.1 Å². The lowest BCUT2D eigenvalue weighted by Gasteiger charge is -2.35. The van der Waals surface area contributed by atoms with Crippen molar-refractivity contribution in [2.24, 2.45) is 4.99 Å². The lowest BCUT2D eigenvalue weighted by molar-refractivity contribution is 0.0397. The van der Waals surface area contributed by atoms with Crippen molar-refractivity contribution in [3.63, 3.8) is 0 Å². The molecule has 2 atom stereocenters. The molecule has 1 saturated heterocycles. The van der Waals surface area contributed by atoms with Gasteiger partial charge in [0.15, 0.2) is 5.49 Å². The van der Waals surface area contributed by atoms with Crippen molar-refractivity contribution in [2.75, 3.05) is 13.6 Å². The molecule has 28 heavy (non-hydrogen) atoms. The van der Waals surface area contributed by atoms with Gasteiger partial charge in [0, 0.05) is 31.2 Å². The van der Waals surface area contributed by atoms with Crippen molar-refractivity contribution in [3.8, 4) is 5.88 Å². The molecule has 2 aliphatic heterocycles. The number of nitrogens with zero attached hydrogens (tertiary/aromatic N) is 4. The van der Waals surface area contributed by atoms with E-state index < -0.39 is 0 Å². The lowest BCUT2D eigenvalue weighted by Crippen LogP contribution is -2.43. The molecule has 6 nitrogen and oxygen atoms in total. The summed E-state index contributed by atoms with van der Waals surface area (Å²) in [5.41, 5.74) is 3.89. The predicted octanol–water partition coefficient (Wildman–Crippen LogP) is 3.20. The molecule has 6 heteroatoms. The average molecular weight is 378 g/mol. The van der Waals surface area contributed by atoms with Gasteiger partial charge in [-0.05, 0) is 30.4 Å². The Morgan fingerprint density at radius 3 is 3.00 bits per heavy atom. The molecule has 146 valence electrons. The number of aryl methyl sites for hydroxylation is 1. The van der Waals surface area contributed by atoms with Gasteiger partial charge in [-0.1, -0.05) is 38.1 Å². The minimum atomic E-state index is -0.0993. The van der Waals surface area contributed by atoms with E-state index >= 15 is 0 Å². The molecule has 1 aromatic heterocycles. The second-order valence-electron chi connectivity index (χ2n) is 7.29. The maximum absolute atomic E-state index is 13.2. The van der Waals surface area contributed by atoms with Crippen molar-refractivity contribution in [3.05, 3.63) is 59.3 Å². The quantitative estimate of drug-likeness (QED) is 0.803. The molecular formula is C22H26N4O2. The largest absolute Gasteiger partial charge is 0.470 e. The van der Waals surface area contributed by atoms with Gasteiger partial charge in [-0.2, -0.15) is 0 Å². The average Bonchev–Trinajstić information content (AvgIpc) is 3.01. The fourth-order valence-electron chi connectivity index (χ4n) is 4.37. The van der Waals surface area contributed by atoms with Crippen LogP contribution in [0.4, 0.5) is 0 Å². The van der Waals surface area contributed by atoms with Crippen molar-refractivity contribution in [1.82, 2.24) is 14.5 Å². The molecule has 2 aromatic rings. The Morgan fingerprint density at radius 1 is 1.39 bits per heavy atom. The van der Waals surface area contributed by atoms with Gasteiger partial charge in [0.05, 0.1) is 12.6 Å². The Bertz CT molecular complexity index is 979. The first-order chi connectivity index (χ1) is 13.7. The van der Waals surface area contributed by atoms with Crippen LogP contribution in [0.3, 0.4) is 0 Å². The van der Waals surface area contributed by atoms with Gasteiger partial charge in [-0.3, -0.25) is 9.79 Å². The number of carbonyl (C=O) groups excluding carboxylic acids is 1. The van der Waals surface area contributed by atoms with Crippen LogP contribution in [-0.4, -0.2) is 40.1 Å². The molecule has 4 rings (SSSR count). The van der Waals surface area contributed by atoms with Crippen LogP contribution in [0.25, 0.3) is 6.20 Å². The molecule has 1 amide bonds. The SMILES string of the molecule is C=Cn1ccnc(O[C@@H]2CC[C@H]3c4cccc(CCC)c4C(=O)N3C2)c1=NC. The molecule has 1 fully saturated rings. The second-order valence-corrected chi connectivity index (χ2v) is 7.29. The topological polar surface area (TPSA) is 59.7 Å². The number of aromatic nitrogens is 2. The molecule has 1 aromatic carbocycles. The molecule has 0 bridgehead atoms. The van der Waals surface area contributed by atoms with E-state index in [1.54, 1.807) is 30.2 Å². The monoisotopic (exact) mass is 378 g/mol. The van der Waals surface area contributed by atoms with Crippen LogP contribution >= 0.6 is 0 Å². The number of rotatable bonds is 5. The van der Waals surface area contributed by atoms with Crippen LogP contribution in [-0.2, 0) is 6.42 Å². The molecule has 0 unspecified atom stereocenters. The van der Waals surface area contributed by atoms with Crippen molar-refractivity contribution in [2.45, 2.75) is 44.8 Å². The fraction of sp³-hybridized carbons (Fsp3) is 0.409. The Hall–Kier alpha value is -2.89. The maximum Gasteiger partial charge on any atom is 0.258 e. The number of amides is 1. The van der Waals surface area contributed by atoms with E-state index in [2.05, 4.69) is 41.7 Å². The van der Waals surface area contributed by atoms with E-state index in [1.165, 1.54) is 11.1 Å². The highest BCUT2D eigenvalue weighted by molar-refractivity contribution is 6.00. The summed E-state index contributed by atoms with van der Waals surface area (Å²) in [6.07, 6.45) is 8.77. The summed E-state index contributed by atoms with van der Waals surface area (Å²) in [5.74, 6) is 0.615. The molecule has 0 spiro atoms. The van der Waals surface area contributed by atoms with Crippen molar-refractivity contribution < 1.29 is 9.53 Å². The van der Waals surface area contributed by atoms with E-state index in [1.807, 2.05) is 4.90 Å². The third-order valence-corrected chi connectivity index (χ3v) is 5.62. The van der Waals surface area contributed by atoms with E-state index in [0.717, 1.165) is 31.2 Å². The van der Waals surface area contributed by atoms with Gasteiger partial charge in [0.25, 0.3) is 11.8 Å². The van der Waals surface area contributed by atoms with E-state index in [-0.39, 0.29) is 18.1 Å². The summed E-state index contributed by atoms with van der Waals surface area (Å²) < 4.78 is 7.97. The summed E-state index contributed by atoms with van der Waals surface area (Å²) in [4.78, 5) is 23.8. The number of piperidine rings is 1. The van der Waals surface area contributed by atoms with E-state index in [4.69, 9.17) is 4.74 Å². The summed E-state index contributed by atoms with van der Waals surface area (Å²) >= 11 is 0. The normalized spacial score (nSPS) is 21.4. The Labute approximate surface area is 165 Å². The Kier molecular flexibility index (Phi) is 5.03. The number of hydrogen-bond donors (Lipinski definition) is 0. The second kappa shape index (κ2) is 7.62. The number of fused-ring (bicyclic) bond motifs is 3. The number of ether oxygens (including phenoxy) is 1. The molecule has 0 N–H and O–H groups in total. The first-order valence-corrected chi connectivity index (χ1v) is 9.89. The van der Waals surface area contributed by atoms with E-state index in [0.29, 0.717) is 17.9 Å². The maximum atomic E-state index is 13.2. The zero-order valence-corrected chi connectivity index (χ0v) is 16.5. The first-order valence-electron chi connectivity index (χ1n) is 9.89. The molecule has 0 aliphatic carbocycles. The summed E-state index contributed by atoms with van der Waals surface area (Å²) in [7, 11) is 1.71. The number of benzene rings is 1. The highest BCUT2D eigenvalue weighted by Gasteiger charge is 2.42. The molecular weight excluding hydrogens is 352 g/mol. The van der Waals surface area contributed by atoms with Gasteiger partial charge < -0.3 is 14.2 Å². The molecule has 2 aliphatic rings. The van der Waals surface area contributed by atoms with Crippen LogP contribution in [0.1, 0.15) is 53.7 Å². The summed E-state index contributed by atoms with van der Waals surface area (Å²) in [6, 6.07) is 6.44. The third kappa shape index (κ3) is 3.03. The summed E-state index contributed by atoms with van der Waals surface area (Å²) in [6.45, 7) is 6.51. The summed E-state index contributed by atoms with van der Waals surface area (Å²) in [5, 5.41) is 0. The smallest absolute Gasteiger partial charge is 0.258 e. The van der Waals surface area contributed by atoms with Crippen LogP contribution in [0.5, 0.6) is 5.88 Å². The van der Waals surface area contributed by atoms with Crippen molar-refractivity contribution in [1.29, 1.82) is 0 Å². The first kappa shape index (κ1) is 18.5. The molecule has 3 heterocycles. The minimum absolute atomic E-state index is 0.0993. The van der Waals surface area contributed by atoms with Gasteiger partial charge in [-0.15, -0.1) is 0 Å². The molecule has 0 radical (unpaired) electrons. The van der Waals surface area contributed by atoms with Gasteiger partial charge in [0.2, 0.25) is 0 Å². The van der Waals surface area contributed by atoms with Crippen LogP contribution < -0.4 is 10.2 Å². The Morgan fingerprint density at radius 2 is 2.25 bits per heavy atom. The zero-order valence-electron chi connectivity index (χ0n) is 16.5. The number of hydrogen-bond acceptors (Lipinski definition) is 4. The van der Waals surface area contributed by atoms with E-state index in [9.17, 15) is 4.79 Å². The van der Waals surface area contributed by atoms with Crippen LogP contribution in [0.15, 0.2) is 42.2 Å².